The molecule has 0 bridgehead atoms. The lowest BCUT2D eigenvalue weighted by Crippen LogP contribution is -2.32. The highest BCUT2D eigenvalue weighted by atomic mass is 32.1. The van der Waals surface area contributed by atoms with Gasteiger partial charge in [0.25, 0.3) is 0 Å². The second-order valence-corrected chi connectivity index (χ2v) is 6.18. The Hall–Kier alpha value is 0.310. The van der Waals surface area contributed by atoms with E-state index in [1.165, 1.54) is 58.0 Å². The second kappa shape index (κ2) is 5.09. The van der Waals surface area contributed by atoms with Gasteiger partial charge < -0.3 is 4.90 Å². The van der Waals surface area contributed by atoms with E-state index in [1.54, 1.807) is 0 Å². The molecule has 0 N–H and O–H groups in total. The van der Waals surface area contributed by atoms with Gasteiger partial charge in [-0.15, -0.1) is 0 Å². The molecule has 0 amide bonds. The highest BCUT2D eigenvalue weighted by molar-refractivity contribution is 7.80. The molecule has 2 aliphatic rings. The number of hydrogen-bond donors (Lipinski definition) is 1. The van der Waals surface area contributed by atoms with E-state index in [9.17, 15) is 0 Å². The fourth-order valence-electron chi connectivity index (χ4n) is 2.99. The lowest BCUT2D eigenvalue weighted by atomic mass is 9.89. The van der Waals surface area contributed by atoms with E-state index in [0.29, 0.717) is 5.41 Å². The summed E-state index contributed by atoms with van der Waals surface area (Å²) in [6.07, 6.45) is 10.2. The molecule has 0 spiro atoms. The van der Waals surface area contributed by atoms with E-state index in [4.69, 9.17) is 0 Å². The third kappa shape index (κ3) is 3.39. The minimum Gasteiger partial charge on any atom is -0.306 e. The van der Waals surface area contributed by atoms with Crippen LogP contribution in [0.25, 0.3) is 0 Å². The third-order valence-electron chi connectivity index (χ3n) is 4.19. The van der Waals surface area contributed by atoms with Gasteiger partial charge >= 0.3 is 0 Å². The smallest absolute Gasteiger partial charge is 0.00429 e. The molecule has 0 atom stereocenters. The van der Waals surface area contributed by atoms with Gasteiger partial charge in [0.15, 0.2) is 0 Å². The standard InChI is InChI=1S/C13H25NS/c1-14(10-13(11-15)7-8-13)9-12-5-3-2-4-6-12/h12,15H,2-11H2,1H3. The SMILES string of the molecule is CN(CC1CCCCC1)CC1(CS)CC1. The van der Waals surface area contributed by atoms with Gasteiger partial charge in [0.2, 0.25) is 0 Å². The Balaban J connectivity index is 1.69. The Kier molecular flexibility index (Phi) is 4.00. The molecule has 0 aliphatic heterocycles. The number of nitrogens with zero attached hydrogens (tertiary/aromatic N) is 1. The molecule has 2 saturated carbocycles. The maximum absolute atomic E-state index is 4.48. The summed E-state index contributed by atoms with van der Waals surface area (Å²) in [5.41, 5.74) is 0.604. The van der Waals surface area contributed by atoms with E-state index >= 15 is 0 Å². The average molecular weight is 227 g/mol. The van der Waals surface area contributed by atoms with Crippen LogP contribution < -0.4 is 0 Å². The van der Waals surface area contributed by atoms with Crippen LogP contribution in [0.1, 0.15) is 44.9 Å². The average Bonchev–Trinajstić information content (AvgIpc) is 3.00. The van der Waals surface area contributed by atoms with Gasteiger partial charge in [-0.25, -0.2) is 0 Å². The molecule has 0 aromatic carbocycles. The van der Waals surface area contributed by atoms with Crippen LogP contribution in [0.4, 0.5) is 0 Å². The first-order valence-corrected chi connectivity index (χ1v) is 7.17. The Bertz CT molecular complexity index is 195. The molecule has 2 heteroatoms. The quantitative estimate of drug-likeness (QED) is 0.706. The molecule has 2 aliphatic carbocycles. The van der Waals surface area contributed by atoms with Crippen LogP contribution >= 0.6 is 12.6 Å². The Labute approximate surface area is 100 Å². The van der Waals surface area contributed by atoms with Crippen molar-refractivity contribution in [2.75, 3.05) is 25.9 Å². The van der Waals surface area contributed by atoms with Crippen LogP contribution in [-0.4, -0.2) is 30.8 Å². The van der Waals surface area contributed by atoms with Gasteiger partial charge in [0, 0.05) is 13.1 Å². The summed E-state index contributed by atoms with van der Waals surface area (Å²) in [4.78, 5) is 2.57. The minimum absolute atomic E-state index is 0.604. The lowest BCUT2D eigenvalue weighted by molar-refractivity contribution is 0.207. The molecule has 0 aromatic heterocycles. The first-order valence-electron chi connectivity index (χ1n) is 6.53. The predicted octanol–water partition coefficient (Wildman–Crippen LogP) is 3.21. The van der Waals surface area contributed by atoms with Crippen molar-refractivity contribution < 1.29 is 0 Å². The number of thiol groups is 1. The van der Waals surface area contributed by atoms with Crippen molar-refractivity contribution in [3.8, 4) is 0 Å². The Morgan fingerprint density at radius 2 is 1.87 bits per heavy atom. The van der Waals surface area contributed by atoms with Crippen molar-refractivity contribution >= 4 is 12.6 Å². The lowest BCUT2D eigenvalue weighted by Gasteiger charge is -2.29. The maximum atomic E-state index is 4.48. The van der Waals surface area contributed by atoms with E-state index < -0.39 is 0 Å². The first kappa shape index (κ1) is 11.8. The molecule has 15 heavy (non-hydrogen) atoms. The molecule has 0 aromatic rings. The molecule has 1 nitrogen and oxygen atoms in total. The number of hydrogen-bond acceptors (Lipinski definition) is 2. The van der Waals surface area contributed by atoms with Crippen LogP contribution in [-0.2, 0) is 0 Å². The molecule has 0 saturated heterocycles. The van der Waals surface area contributed by atoms with Crippen LogP contribution in [0.3, 0.4) is 0 Å². The number of rotatable bonds is 5. The monoisotopic (exact) mass is 227 g/mol. The summed E-state index contributed by atoms with van der Waals surface area (Å²) in [5, 5.41) is 0. The van der Waals surface area contributed by atoms with Gasteiger partial charge in [-0.05, 0) is 49.8 Å². The zero-order valence-corrected chi connectivity index (χ0v) is 10.9. The summed E-state index contributed by atoms with van der Waals surface area (Å²) >= 11 is 4.48. The highest BCUT2D eigenvalue weighted by Gasteiger charge is 2.41. The zero-order chi connectivity index (χ0) is 10.7. The van der Waals surface area contributed by atoms with Gasteiger partial charge in [0.1, 0.15) is 0 Å². The third-order valence-corrected chi connectivity index (χ3v) is 4.86. The van der Waals surface area contributed by atoms with E-state index in [1.807, 2.05) is 0 Å². The van der Waals surface area contributed by atoms with Crippen LogP contribution in [0, 0.1) is 11.3 Å². The van der Waals surface area contributed by atoms with Crippen molar-refractivity contribution in [3.05, 3.63) is 0 Å². The van der Waals surface area contributed by atoms with Gasteiger partial charge in [-0.3, -0.25) is 0 Å². The molecule has 0 heterocycles. The molecule has 0 radical (unpaired) electrons. The minimum atomic E-state index is 0.604. The fraction of sp³-hybridized carbons (Fsp3) is 1.00. The summed E-state index contributed by atoms with van der Waals surface area (Å²) in [7, 11) is 2.30. The molecule has 2 fully saturated rings. The van der Waals surface area contributed by atoms with E-state index in [2.05, 4.69) is 24.6 Å². The fourth-order valence-corrected chi connectivity index (χ4v) is 3.41. The van der Waals surface area contributed by atoms with Crippen LogP contribution in [0.2, 0.25) is 0 Å². The largest absolute Gasteiger partial charge is 0.306 e. The molecular formula is C13H25NS. The zero-order valence-electron chi connectivity index (χ0n) is 10.0. The molecule has 88 valence electrons. The molecular weight excluding hydrogens is 202 g/mol. The Morgan fingerprint density at radius 1 is 1.20 bits per heavy atom. The van der Waals surface area contributed by atoms with Crippen molar-refractivity contribution in [1.29, 1.82) is 0 Å². The predicted molar refractivity (Wildman–Crippen MR) is 69.6 cm³/mol. The van der Waals surface area contributed by atoms with Crippen molar-refractivity contribution in [2.45, 2.75) is 44.9 Å². The van der Waals surface area contributed by atoms with Crippen LogP contribution in [0.15, 0.2) is 0 Å². The Morgan fingerprint density at radius 3 is 2.40 bits per heavy atom. The van der Waals surface area contributed by atoms with Crippen molar-refractivity contribution in [3.63, 3.8) is 0 Å². The summed E-state index contributed by atoms with van der Waals surface area (Å²) in [5.74, 6) is 2.07. The van der Waals surface area contributed by atoms with Crippen molar-refractivity contribution in [1.82, 2.24) is 4.90 Å². The molecule has 0 unspecified atom stereocenters. The van der Waals surface area contributed by atoms with Crippen LogP contribution in [0.5, 0.6) is 0 Å². The first-order chi connectivity index (χ1) is 7.24. The normalized spacial score (nSPS) is 25.8. The second-order valence-electron chi connectivity index (χ2n) is 5.86. The van der Waals surface area contributed by atoms with Gasteiger partial charge in [-0.2, -0.15) is 12.6 Å². The van der Waals surface area contributed by atoms with E-state index in [0.717, 1.165) is 11.7 Å². The van der Waals surface area contributed by atoms with E-state index in [-0.39, 0.29) is 0 Å². The summed E-state index contributed by atoms with van der Waals surface area (Å²) in [6.45, 7) is 2.61. The van der Waals surface area contributed by atoms with Crippen molar-refractivity contribution in [2.24, 2.45) is 11.3 Å². The van der Waals surface area contributed by atoms with Gasteiger partial charge in [0.05, 0.1) is 0 Å². The summed E-state index contributed by atoms with van der Waals surface area (Å²) in [6, 6.07) is 0. The highest BCUT2D eigenvalue weighted by Crippen LogP contribution is 2.47. The topological polar surface area (TPSA) is 3.24 Å². The summed E-state index contributed by atoms with van der Waals surface area (Å²) < 4.78 is 0. The van der Waals surface area contributed by atoms with Gasteiger partial charge in [-0.1, -0.05) is 19.3 Å². The maximum Gasteiger partial charge on any atom is 0.00429 e. The molecule has 2 rings (SSSR count).